The first kappa shape index (κ1) is 13.5. The van der Waals surface area contributed by atoms with Gasteiger partial charge in [0.25, 0.3) is 0 Å². The zero-order chi connectivity index (χ0) is 13.5. The Kier molecular flexibility index (Phi) is 4.92. The Morgan fingerprint density at radius 2 is 2.11 bits per heavy atom. The van der Waals surface area contributed by atoms with Crippen LogP contribution < -0.4 is 5.32 Å². The van der Waals surface area contributed by atoms with Crippen molar-refractivity contribution in [3.8, 4) is 0 Å². The third-order valence-corrected chi connectivity index (χ3v) is 2.88. The third-order valence-electron chi connectivity index (χ3n) is 2.88. The Hall–Kier alpha value is -1.88. The number of ether oxygens (including phenoxy) is 1. The van der Waals surface area contributed by atoms with Crippen molar-refractivity contribution in [2.24, 2.45) is 0 Å². The predicted molar refractivity (Wildman–Crippen MR) is 75.3 cm³/mol. The Labute approximate surface area is 113 Å². The SMILES string of the molecule is COCCn1cc(C)nc1NCCc1ccncc1. The molecule has 2 rings (SSSR count). The Morgan fingerprint density at radius 1 is 1.32 bits per heavy atom. The highest BCUT2D eigenvalue weighted by Gasteiger charge is 2.04. The van der Waals surface area contributed by atoms with E-state index in [0.29, 0.717) is 6.61 Å². The average molecular weight is 260 g/mol. The molecule has 5 nitrogen and oxygen atoms in total. The fourth-order valence-corrected chi connectivity index (χ4v) is 1.92. The van der Waals surface area contributed by atoms with Crippen molar-refractivity contribution < 1.29 is 4.74 Å². The summed E-state index contributed by atoms with van der Waals surface area (Å²) in [5.74, 6) is 0.906. The van der Waals surface area contributed by atoms with Crippen LogP contribution in [0.4, 0.5) is 5.95 Å². The first-order chi connectivity index (χ1) is 9.29. The highest BCUT2D eigenvalue weighted by Crippen LogP contribution is 2.08. The number of anilines is 1. The topological polar surface area (TPSA) is 52.0 Å². The Balaban J connectivity index is 1.88. The normalized spacial score (nSPS) is 10.6. The number of nitrogens with one attached hydrogen (secondary N) is 1. The second kappa shape index (κ2) is 6.89. The molecule has 0 aliphatic rings. The van der Waals surface area contributed by atoms with Gasteiger partial charge in [-0.1, -0.05) is 0 Å². The summed E-state index contributed by atoms with van der Waals surface area (Å²) in [4.78, 5) is 8.49. The van der Waals surface area contributed by atoms with Gasteiger partial charge in [0.2, 0.25) is 5.95 Å². The van der Waals surface area contributed by atoms with Crippen molar-refractivity contribution in [3.63, 3.8) is 0 Å². The fraction of sp³-hybridized carbons (Fsp3) is 0.429. The second-order valence-electron chi connectivity index (χ2n) is 4.42. The second-order valence-corrected chi connectivity index (χ2v) is 4.42. The summed E-state index contributed by atoms with van der Waals surface area (Å²) in [5.41, 5.74) is 2.29. The van der Waals surface area contributed by atoms with Crippen molar-refractivity contribution in [3.05, 3.63) is 42.0 Å². The van der Waals surface area contributed by atoms with E-state index >= 15 is 0 Å². The molecule has 0 unspecified atom stereocenters. The van der Waals surface area contributed by atoms with E-state index in [1.165, 1.54) is 5.56 Å². The van der Waals surface area contributed by atoms with Crippen LogP contribution in [0.1, 0.15) is 11.3 Å². The van der Waals surface area contributed by atoms with Crippen LogP contribution in [0.3, 0.4) is 0 Å². The van der Waals surface area contributed by atoms with Crippen molar-refractivity contribution in [1.29, 1.82) is 0 Å². The molecular formula is C14H20N4O. The molecular weight excluding hydrogens is 240 g/mol. The lowest BCUT2D eigenvalue weighted by molar-refractivity contribution is 0.187. The first-order valence-electron chi connectivity index (χ1n) is 6.45. The summed E-state index contributed by atoms with van der Waals surface area (Å²) in [6, 6.07) is 4.06. The zero-order valence-corrected chi connectivity index (χ0v) is 11.5. The van der Waals surface area contributed by atoms with Crippen molar-refractivity contribution in [1.82, 2.24) is 14.5 Å². The average Bonchev–Trinajstić information content (AvgIpc) is 2.78. The van der Waals surface area contributed by atoms with E-state index in [9.17, 15) is 0 Å². The molecule has 19 heavy (non-hydrogen) atoms. The minimum Gasteiger partial charge on any atom is -0.383 e. The number of methoxy groups -OCH3 is 1. The maximum Gasteiger partial charge on any atom is 0.203 e. The summed E-state index contributed by atoms with van der Waals surface area (Å²) < 4.78 is 7.19. The van der Waals surface area contributed by atoms with E-state index in [2.05, 4.69) is 19.9 Å². The number of rotatable bonds is 7. The molecule has 2 aromatic rings. The van der Waals surface area contributed by atoms with Gasteiger partial charge in [0, 0.05) is 38.8 Å². The summed E-state index contributed by atoms with van der Waals surface area (Å²) in [6.07, 6.45) is 6.63. The van der Waals surface area contributed by atoms with Crippen LogP contribution in [0.25, 0.3) is 0 Å². The number of hydrogen-bond donors (Lipinski definition) is 1. The van der Waals surface area contributed by atoms with E-state index in [0.717, 1.165) is 31.2 Å². The summed E-state index contributed by atoms with van der Waals surface area (Å²) in [6.45, 7) is 4.36. The molecule has 5 heteroatoms. The van der Waals surface area contributed by atoms with Gasteiger partial charge >= 0.3 is 0 Å². The molecule has 2 aromatic heterocycles. The molecule has 0 aromatic carbocycles. The Bertz CT molecular complexity index is 495. The molecule has 0 saturated heterocycles. The number of imidazole rings is 1. The molecule has 0 aliphatic heterocycles. The number of pyridine rings is 1. The summed E-state index contributed by atoms with van der Waals surface area (Å²) in [7, 11) is 1.71. The quantitative estimate of drug-likeness (QED) is 0.826. The molecule has 2 heterocycles. The smallest absolute Gasteiger partial charge is 0.203 e. The van der Waals surface area contributed by atoms with Crippen LogP contribution in [0.15, 0.2) is 30.7 Å². The van der Waals surface area contributed by atoms with E-state index in [4.69, 9.17) is 4.74 Å². The minimum atomic E-state index is 0.689. The number of hydrogen-bond acceptors (Lipinski definition) is 4. The Morgan fingerprint density at radius 3 is 2.84 bits per heavy atom. The van der Waals surface area contributed by atoms with E-state index in [1.54, 1.807) is 7.11 Å². The van der Waals surface area contributed by atoms with Crippen LogP contribution in [-0.2, 0) is 17.7 Å². The molecule has 0 atom stereocenters. The van der Waals surface area contributed by atoms with E-state index in [-0.39, 0.29) is 0 Å². The maximum atomic E-state index is 5.10. The van der Waals surface area contributed by atoms with Crippen molar-refractivity contribution in [2.45, 2.75) is 19.9 Å². The maximum absolute atomic E-state index is 5.10. The number of aryl methyl sites for hydroxylation is 1. The summed E-state index contributed by atoms with van der Waals surface area (Å²) >= 11 is 0. The van der Waals surface area contributed by atoms with Gasteiger partial charge in [-0.25, -0.2) is 4.98 Å². The first-order valence-corrected chi connectivity index (χ1v) is 6.45. The van der Waals surface area contributed by atoms with Gasteiger partial charge in [0.1, 0.15) is 0 Å². The molecule has 0 saturated carbocycles. The standard InChI is InChI=1S/C14H20N4O/c1-12-11-18(9-10-19-2)14(17-12)16-8-5-13-3-6-15-7-4-13/h3-4,6-7,11H,5,8-10H2,1-2H3,(H,16,17). The molecule has 0 spiro atoms. The van der Waals surface area contributed by atoms with Crippen LogP contribution in [-0.4, -0.2) is 34.8 Å². The zero-order valence-electron chi connectivity index (χ0n) is 11.5. The van der Waals surface area contributed by atoms with Gasteiger partial charge in [-0.3, -0.25) is 4.98 Å². The van der Waals surface area contributed by atoms with Crippen LogP contribution in [0.5, 0.6) is 0 Å². The lowest BCUT2D eigenvalue weighted by Crippen LogP contribution is -2.12. The van der Waals surface area contributed by atoms with E-state index < -0.39 is 0 Å². The number of aromatic nitrogens is 3. The minimum absolute atomic E-state index is 0.689. The molecule has 0 bridgehead atoms. The highest BCUT2D eigenvalue weighted by molar-refractivity contribution is 5.29. The third kappa shape index (κ3) is 4.06. The molecule has 0 aliphatic carbocycles. The van der Waals surface area contributed by atoms with Gasteiger partial charge < -0.3 is 14.6 Å². The number of nitrogens with zero attached hydrogens (tertiary/aromatic N) is 3. The summed E-state index contributed by atoms with van der Waals surface area (Å²) in [5, 5.41) is 3.37. The molecule has 0 amide bonds. The van der Waals surface area contributed by atoms with Gasteiger partial charge in [0.15, 0.2) is 0 Å². The van der Waals surface area contributed by atoms with Gasteiger partial charge in [-0.2, -0.15) is 0 Å². The largest absolute Gasteiger partial charge is 0.383 e. The van der Waals surface area contributed by atoms with Gasteiger partial charge in [0.05, 0.1) is 12.3 Å². The van der Waals surface area contributed by atoms with Crippen LogP contribution in [0, 0.1) is 6.92 Å². The van der Waals surface area contributed by atoms with Gasteiger partial charge in [-0.05, 0) is 31.0 Å². The molecule has 102 valence electrons. The van der Waals surface area contributed by atoms with Gasteiger partial charge in [-0.15, -0.1) is 0 Å². The van der Waals surface area contributed by atoms with Crippen molar-refractivity contribution >= 4 is 5.95 Å². The molecule has 1 N–H and O–H groups in total. The predicted octanol–water partition coefficient (Wildman–Crippen LogP) is 1.89. The van der Waals surface area contributed by atoms with Crippen LogP contribution >= 0.6 is 0 Å². The fourth-order valence-electron chi connectivity index (χ4n) is 1.92. The molecule has 0 fully saturated rings. The highest BCUT2D eigenvalue weighted by atomic mass is 16.5. The van der Waals surface area contributed by atoms with Crippen molar-refractivity contribution in [2.75, 3.05) is 25.6 Å². The lowest BCUT2D eigenvalue weighted by Gasteiger charge is -2.09. The monoisotopic (exact) mass is 260 g/mol. The van der Waals surface area contributed by atoms with E-state index in [1.807, 2.05) is 37.6 Å². The lowest BCUT2D eigenvalue weighted by atomic mass is 10.2. The molecule has 0 radical (unpaired) electrons. The van der Waals surface area contributed by atoms with Crippen LogP contribution in [0.2, 0.25) is 0 Å².